The molecule has 0 bridgehead atoms. The molecule has 0 unspecified atom stereocenters. The van der Waals surface area contributed by atoms with E-state index in [0.717, 1.165) is 0 Å². The van der Waals surface area contributed by atoms with Crippen LogP contribution in [0.1, 0.15) is 31.7 Å². The molecule has 1 aromatic rings. The summed E-state index contributed by atoms with van der Waals surface area (Å²) in [6.45, 7) is 9.57. The van der Waals surface area contributed by atoms with Crippen LogP contribution in [0.3, 0.4) is 0 Å². The van der Waals surface area contributed by atoms with Gasteiger partial charge in [-0.25, -0.2) is 0 Å². The molecule has 0 heterocycles. The van der Waals surface area contributed by atoms with Crippen molar-refractivity contribution >= 4 is 31.6 Å². The second-order valence-electron chi connectivity index (χ2n) is 5.69. The molecule has 0 saturated carbocycles. The molecule has 0 fully saturated rings. The summed E-state index contributed by atoms with van der Waals surface area (Å²) in [5, 5.41) is 1.62. The Morgan fingerprint density at radius 3 is 2.25 bits per heavy atom. The van der Waals surface area contributed by atoms with Crippen molar-refractivity contribution in [2.24, 2.45) is 0 Å². The minimum atomic E-state index is -1.63. The average Bonchev–Trinajstić information content (AvgIpc) is 2.16. The zero-order valence-corrected chi connectivity index (χ0v) is 14.0. The summed E-state index contributed by atoms with van der Waals surface area (Å²) in [5.74, 6) is 0. The Bertz CT molecular complexity index is 340. The maximum atomic E-state index is 2.69. The van der Waals surface area contributed by atoms with Crippen molar-refractivity contribution in [3.8, 4) is 0 Å². The predicted molar refractivity (Wildman–Crippen MR) is 88.0 cm³/mol. The molecule has 0 amide bonds. The van der Waals surface area contributed by atoms with Crippen LogP contribution >= 0.6 is 26.3 Å². The fraction of sp³-hybridized carbons (Fsp3) is 0.571. The second-order valence-corrected chi connectivity index (χ2v) is 21.5. The van der Waals surface area contributed by atoms with E-state index in [1.54, 1.807) is 10.9 Å². The molecule has 1 aromatic carbocycles. The number of rotatable bonds is 5. The Hall–Kier alpha value is 0.380. The first-order valence-corrected chi connectivity index (χ1v) is 12.5. The zero-order valence-electron chi connectivity index (χ0n) is 11.0. The summed E-state index contributed by atoms with van der Waals surface area (Å²) in [6.07, 6.45) is 5.24. The third-order valence-electron chi connectivity index (χ3n) is 2.86. The molecule has 0 spiro atoms. The summed E-state index contributed by atoms with van der Waals surface area (Å²) < 4.78 is -1.63. The SMILES string of the molecule is CCCCCc1ccccc1P(C)(C)(C)I. The van der Waals surface area contributed by atoms with Crippen LogP contribution in [0, 0.1) is 0 Å². The van der Waals surface area contributed by atoms with Crippen LogP contribution in [0.15, 0.2) is 24.3 Å². The van der Waals surface area contributed by atoms with Crippen LogP contribution in [0.25, 0.3) is 0 Å². The molecule has 0 saturated heterocycles. The molecule has 0 nitrogen and oxygen atoms in total. The molecular formula is C14H24IP. The molecule has 0 N–H and O–H groups in total. The van der Waals surface area contributed by atoms with E-state index in [-0.39, 0.29) is 0 Å². The Labute approximate surface area is 114 Å². The normalized spacial score (nSPS) is 14.4. The third-order valence-corrected chi connectivity index (χ3v) is 6.48. The van der Waals surface area contributed by atoms with Crippen LogP contribution in [0.5, 0.6) is 0 Å². The van der Waals surface area contributed by atoms with Gasteiger partial charge in [-0.05, 0) is 0 Å². The average molecular weight is 350 g/mol. The van der Waals surface area contributed by atoms with Gasteiger partial charge in [0.15, 0.2) is 0 Å². The van der Waals surface area contributed by atoms with E-state index in [1.165, 1.54) is 25.7 Å². The number of aryl methyl sites for hydroxylation is 1. The van der Waals surface area contributed by atoms with Crippen LogP contribution in [0.2, 0.25) is 0 Å². The molecule has 0 aliphatic carbocycles. The zero-order chi connectivity index (χ0) is 12.3. The Morgan fingerprint density at radius 2 is 1.69 bits per heavy atom. The van der Waals surface area contributed by atoms with E-state index in [2.05, 4.69) is 73.2 Å². The van der Waals surface area contributed by atoms with Gasteiger partial charge in [-0.1, -0.05) is 0 Å². The molecule has 0 atom stereocenters. The van der Waals surface area contributed by atoms with E-state index in [9.17, 15) is 0 Å². The number of unbranched alkanes of at least 4 members (excludes halogenated alkanes) is 2. The van der Waals surface area contributed by atoms with Gasteiger partial charge in [0.05, 0.1) is 0 Å². The molecule has 92 valence electrons. The van der Waals surface area contributed by atoms with Gasteiger partial charge in [-0.2, -0.15) is 0 Å². The van der Waals surface area contributed by atoms with Gasteiger partial charge in [-0.3, -0.25) is 0 Å². The Kier molecular flexibility index (Phi) is 4.83. The summed E-state index contributed by atoms with van der Waals surface area (Å²) in [6, 6.07) is 9.03. The van der Waals surface area contributed by atoms with Gasteiger partial charge in [0.25, 0.3) is 0 Å². The topological polar surface area (TPSA) is 0 Å². The van der Waals surface area contributed by atoms with Crippen molar-refractivity contribution in [2.45, 2.75) is 32.6 Å². The Balaban J connectivity index is 2.93. The first-order valence-electron chi connectivity index (χ1n) is 6.12. The summed E-state index contributed by atoms with van der Waals surface area (Å²) in [5.41, 5.74) is 1.58. The summed E-state index contributed by atoms with van der Waals surface area (Å²) >= 11 is 2.69. The quantitative estimate of drug-likeness (QED) is 0.405. The number of hydrogen-bond donors (Lipinski definition) is 0. The van der Waals surface area contributed by atoms with Crippen LogP contribution in [-0.4, -0.2) is 20.0 Å². The van der Waals surface area contributed by atoms with E-state index in [1.807, 2.05) is 0 Å². The molecule has 16 heavy (non-hydrogen) atoms. The van der Waals surface area contributed by atoms with E-state index in [0.29, 0.717) is 0 Å². The standard InChI is InChI=1S/C14H24IP/c1-5-6-7-10-13-11-8-9-12-14(13)16(2,3,4)15/h8-9,11-12H,5-7,10H2,1-4H3. The van der Waals surface area contributed by atoms with E-state index in [4.69, 9.17) is 0 Å². The van der Waals surface area contributed by atoms with Crippen molar-refractivity contribution in [2.75, 3.05) is 20.0 Å². The Morgan fingerprint density at radius 1 is 1.06 bits per heavy atom. The maximum absolute atomic E-state index is 2.69. The number of benzene rings is 1. The molecular weight excluding hydrogens is 326 g/mol. The van der Waals surface area contributed by atoms with Gasteiger partial charge in [0, 0.05) is 0 Å². The molecule has 0 aliphatic rings. The fourth-order valence-corrected chi connectivity index (χ4v) is 5.18. The molecule has 1 rings (SSSR count). The predicted octanol–water partition coefficient (Wildman–Crippen LogP) is 4.84. The minimum absolute atomic E-state index is 1.25. The first-order chi connectivity index (χ1) is 7.31. The molecule has 0 aliphatic heterocycles. The van der Waals surface area contributed by atoms with Crippen molar-refractivity contribution in [1.29, 1.82) is 0 Å². The van der Waals surface area contributed by atoms with Gasteiger partial charge in [-0.15, -0.1) is 0 Å². The van der Waals surface area contributed by atoms with Gasteiger partial charge in [0.2, 0.25) is 0 Å². The van der Waals surface area contributed by atoms with E-state index < -0.39 is 4.25 Å². The van der Waals surface area contributed by atoms with Crippen LogP contribution in [-0.2, 0) is 6.42 Å². The second kappa shape index (κ2) is 5.35. The number of hydrogen-bond acceptors (Lipinski definition) is 0. The van der Waals surface area contributed by atoms with Crippen molar-refractivity contribution in [3.05, 3.63) is 29.8 Å². The van der Waals surface area contributed by atoms with Crippen molar-refractivity contribution < 1.29 is 0 Å². The van der Waals surface area contributed by atoms with Gasteiger partial charge < -0.3 is 0 Å². The number of halogens is 1. The third kappa shape index (κ3) is 4.33. The van der Waals surface area contributed by atoms with Gasteiger partial charge >= 0.3 is 114 Å². The molecule has 2 heteroatoms. The first kappa shape index (κ1) is 14.4. The fourth-order valence-electron chi connectivity index (χ4n) is 2.02. The molecule has 0 radical (unpaired) electrons. The van der Waals surface area contributed by atoms with Crippen LogP contribution < -0.4 is 5.30 Å². The van der Waals surface area contributed by atoms with Crippen molar-refractivity contribution in [1.82, 2.24) is 0 Å². The molecule has 0 aromatic heterocycles. The summed E-state index contributed by atoms with van der Waals surface area (Å²) in [7, 11) is 0. The van der Waals surface area contributed by atoms with Crippen LogP contribution in [0.4, 0.5) is 0 Å². The van der Waals surface area contributed by atoms with Gasteiger partial charge in [0.1, 0.15) is 0 Å². The monoisotopic (exact) mass is 350 g/mol. The van der Waals surface area contributed by atoms with Crippen molar-refractivity contribution in [3.63, 3.8) is 0 Å². The van der Waals surface area contributed by atoms with E-state index >= 15 is 0 Å². The summed E-state index contributed by atoms with van der Waals surface area (Å²) in [4.78, 5) is 0.